The molecule has 0 aliphatic heterocycles. The Morgan fingerprint density at radius 1 is 1.09 bits per heavy atom. The van der Waals surface area contributed by atoms with Gasteiger partial charge < -0.3 is 9.15 Å². The summed E-state index contributed by atoms with van der Waals surface area (Å²) in [5, 5.41) is 0. The fourth-order valence-electron chi connectivity index (χ4n) is 2.76. The number of carbonyl (C=O) groups is 1. The summed E-state index contributed by atoms with van der Waals surface area (Å²) in [6.45, 7) is 6.24. The number of pyridine rings is 1. The molecule has 0 radical (unpaired) electrons. The Balaban J connectivity index is 2.17. The number of sulfone groups is 2. The molecule has 0 saturated carbocycles. The standard InChI is InChI=1S/C20H19F3N2O7S2/c1-5-33(27,28)15-8-11(18(26)32-19(2,3)4)10-24-16(15)17-25-13-9-12(6-7-14(13)31-17)34(29,30)20(21,22)23/h6-10H,5H2,1-4H3. The molecule has 0 spiro atoms. The molecule has 0 amide bonds. The first kappa shape index (κ1) is 25.6. The van der Waals surface area contributed by atoms with Crippen LogP contribution in [0.5, 0.6) is 0 Å². The minimum Gasteiger partial charge on any atom is -0.456 e. The minimum absolute atomic E-state index is 0.103. The molecular weight excluding hydrogens is 501 g/mol. The van der Waals surface area contributed by atoms with Gasteiger partial charge in [0, 0.05) is 6.20 Å². The monoisotopic (exact) mass is 520 g/mol. The minimum atomic E-state index is -5.63. The van der Waals surface area contributed by atoms with Gasteiger partial charge in [0.2, 0.25) is 5.89 Å². The molecule has 0 unspecified atom stereocenters. The number of nitrogens with zero attached hydrogens (tertiary/aromatic N) is 2. The number of esters is 1. The summed E-state index contributed by atoms with van der Waals surface area (Å²) in [5.41, 5.74) is -7.19. The van der Waals surface area contributed by atoms with E-state index < -0.39 is 46.5 Å². The van der Waals surface area contributed by atoms with E-state index in [0.717, 1.165) is 18.3 Å². The highest BCUT2D eigenvalue weighted by molar-refractivity contribution is 7.92. The largest absolute Gasteiger partial charge is 0.501 e. The third kappa shape index (κ3) is 4.92. The first-order valence-corrected chi connectivity index (χ1v) is 12.8. The second-order valence-corrected chi connectivity index (χ2v) is 12.3. The van der Waals surface area contributed by atoms with Crippen molar-refractivity contribution in [2.75, 3.05) is 5.75 Å². The second-order valence-electron chi connectivity index (χ2n) is 8.07. The number of fused-ring (bicyclic) bond motifs is 1. The lowest BCUT2D eigenvalue weighted by Crippen LogP contribution is -2.24. The SMILES string of the molecule is CCS(=O)(=O)c1cc(C(=O)OC(C)(C)C)cnc1-c1nc2cc(S(=O)(=O)C(F)(F)F)ccc2o1. The van der Waals surface area contributed by atoms with E-state index in [4.69, 9.17) is 9.15 Å². The number of oxazole rings is 1. The molecule has 0 aliphatic rings. The highest BCUT2D eigenvalue weighted by atomic mass is 32.2. The third-order valence-corrected chi connectivity index (χ3v) is 7.60. The maximum absolute atomic E-state index is 12.9. The summed E-state index contributed by atoms with van der Waals surface area (Å²) in [7, 11) is -9.61. The summed E-state index contributed by atoms with van der Waals surface area (Å²) in [4.78, 5) is 18.8. The van der Waals surface area contributed by atoms with Crippen molar-refractivity contribution < 1.29 is 44.0 Å². The molecule has 0 N–H and O–H groups in total. The predicted octanol–water partition coefficient (Wildman–Crippen LogP) is 3.93. The van der Waals surface area contributed by atoms with Gasteiger partial charge in [-0.15, -0.1) is 0 Å². The molecular formula is C20H19F3N2O7S2. The van der Waals surface area contributed by atoms with Gasteiger partial charge in [0.25, 0.3) is 9.84 Å². The van der Waals surface area contributed by atoms with Crippen LogP contribution in [0.4, 0.5) is 13.2 Å². The smallest absolute Gasteiger partial charge is 0.456 e. The zero-order valence-electron chi connectivity index (χ0n) is 18.3. The Hall–Kier alpha value is -3.00. The van der Waals surface area contributed by atoms with E-state index in [1.165, 1.54) is 6.92 Å². The number of halogens is 3. The summed E-state index contributed by atoms with van der Waals surface area (Å²) in [6.07, 6.45) is 1.05. The van der Waals surface area contributed by atoms with Gasteiger partial charge in [-0.1, -0.05) is 6.92 Å². The summed E-state index contributed by atoms with van der Waals surface area (Å²) in [6, 6.07) is 3.37. The molecule has 3 rings (SSSR count). The molecule has 0 saturated heterocycles. The van der Waals surface area contributed by atoms with Crippen molar-refractivity contribution in [3.8, 4) is 11.6 Å². The van der Waals surface area contributed by atoms with Gasteiger partial charge >= 0.3 is 11.5 Å². The van der Waals surface area contributed by atoms with Crippen LogP contribution < -0.4 is 0 Å². The maximum atomic E-state index is 12.9. The van der Waals surface area contributed by atoms with Crippen LogP contribution in [0.3, 0.4) is 0 Å². The molecule has 0 aliphatic carbocycles. The average molecular weight is 521 g/mol. The summed E-state index contributed by atoms with van der Waals surface area (Å²) in [5.74, 6) is -1.58. The second kappa shape index (κ2) is 8.34. The van der Waals surface area contributed by atoms with E-state index in [1.54, 1.807) is 20.8 Å². The van der Waals surface area contributed by atoms with Gasteiger partial charge in [0.1, 0.15) is 16.8 Å². The van der Waals surface area contributed by atoms with Crippen molar-refractivity contribution >= 4 is 36.7 Å². The number of ether oxygens (including phenoxy) is 1. The van der Waals surface area contributed by atoms with E-state index in [1.807, 2.05) is 0 Å². The first-order chi connectivity index (χ1) is 15.5. The van der Waals surface area contributed by atoms with Crippen molar-refractivity contribution in [3.05, 3.63) is 36.0 Å². The van der Waals surface area contributed by atoms with Crippen molar-refractivity contribution in [2.45, 2.75) is 48.6 Å². The summed E-state index contributed by atoms with van der Waals surface area (Å²) < 4.78 is 98.0. The number of hydrogen-bond donors (Lipinski definition) is 0. The van der Waals surface area contributed by atoms with Crippen LogP contribution in [0.25, 0.3) is 22.7 Å². The van der Waals surface area contributed by atoms with Gasteiger partial charge in [0.05, 0.1) is 21.1 Å². The average Bonchev–Trinajstić information content (AvgIpc) is 3.14. The van der Waals surface area contributed by atoms with Crippen molar-refractivity contribution in [1.82, 2.24) is 9.97 Å². The molecule has 0 fully saturated rings. The van der Waals surface area contributed by atoms with Crippen molar-refractivity contribution in [3.63, 3.8) is 0 Å². The van der Waals surface area contributed by atoms with E-state index in [9.17, 15) is 34.8 Å². The van der Waals surface area contributed by atoms with Gasteiger partial charge in [0.15, 0.2) is 15.4 Å². The molecule has 0 bridgehead atoms. The first-order valence-electron chi connectivity index (χ1n) is 9.65. The molecule has 0 atom stereocenters. The van der Waals surface area contributed by atoms with Crippen molar-refractivity contribution in [2.24, 2.45) is 0 Å². The third-order valence-electron chi connectivity index (χ3n) is 4.38. The number of benzene rings is 1. The van der Waals surface area contributed by atoms with E-state index in [2.05, 4.69) is 9.97 Å². The van der Waals surface area contributed by atoms with Crippen LogP contribution in [0.15, 0.2) is 44.7 Å². The molecule has 14 heteroatoms. The maximum Gasteiger partial charge on any atom is 0.501 e. The van der Waals surface area contributed by atoms with Gasteiger partial charge in [-0.3, -0.25) is 0 Å². The zero-order chi connectivity index (χ0) is 25.7. The number of carbonyl (C=O) groups excluding carboxylic acids is 1. The Morgan fingerprint density at radius 2 is 1.74 bits per heavy atom. The number of aromatic nitrogens is 2. The lowest BCUT2D eigenvalue weighted by molar-refractivity contribution is -0.0436. The highest BCUT2D eigenvalue weighted by Crippen LogP contribution is 2.34. The lowest BCUT2D eigenvalue weighted by Gasteiger charge is -2.19. The normalized spacial score (nSPS) is 13.3. The molecule has 184 valence electrons. The molecule has 1 aromatic carbocycles. The number of rotatable bonds is 5. The van der Waals surface area contributed by atoms with Crippen LogP contribution in [0, 0.1) is 0 Å². The van der Waals surface area contributed by atoms with Crippen molar-refractivity contribution in [1.29, 1.82) is 0 Å². The fraction of sp³-hybridized carbons (Fsp3) is 0.350. The fourth-order valence-corrected chi connectivity index (χ4v) is 4.59. The molecule has 3 aromatic rings. The zero-order valence-corrected chi connectivity index (χ0v) is 19.9. The summed E-state index contributed by atoms with van der Waals surface area (Å²) >= 11 is 0. The van der Waals surface area contributed by atoms with Crippen LogP contribution >= 0.6 is 0 Å². The predicted molar refractivity (Wildman–Crippen MR) is 113 cm³/mol. The van der Waals surface area contributed by atoms with Gasteiger partial charge in [-0.25, -0.2) is 31.6 Å². The molecule has 34 heavy (non-hydrogen) atoms. The van der Waals surface area contributed by atoms with Crippen LogP contribution in [0.2, 0.25) is 0 Å². The van der Waals surface area contributed by atoms with E-state index >= 15 is 0 Å². The van der Waals surface area contributed by atoms with Crippen LogP contribution in [-0.2, 0) is 24.4 Å². The molecule has 9 nitrogen and oxygen atoms in total. The van der Waals surface area contributed by atoms with Gasteiger partial charge in [-0.2, -0.15) is 13.2 Å². The number of alkyl halides is 3. The number of hydrogen-bond acceptors (Lipinski definition) is 9. The van der Waals surface area contributed by atoms with E-state index in [-0.39, 0.29) is 34.0 Å². The molecule has 2 heterocycles. The Bertz CT molecular complexity index is 1490. The Morgan fingerprint density at radius 3 is 2.29 bits per heavy atom. The Kier molecular flexibility index (Phi) is 6.28. The molecule has 2 aromatic heterocycles. The van der Waals surface area contributed by atoms with Gasteiger partial charge in [-0.05, 0) is 45.0 Å². The lowest BCUT2D eigenvalue weighted by atomic mass is 10.2. The van der Waals surface area contributed by atoms with Crippen LogP contribution in [-0.4, -0.2) is 49.6 Å². The highest BCUT2D eigenvalue weighted by Gasteiger charge is 2.47. The topological polar surface area (TPSA) is 134 Å². The van der Waals surface area contributed by atoms with E-state index in [0.29, 0.717) is 12.1 Å². The van der Waals surface area contributed by atoms with Crippen LogP contribution in [0.1, 0.15) is 38.1 Å². The quantitative estimate of drug-likeness (QED) is 0.459. The Labute approximate surface area is 192 Å².